The zero-order valence-corrected chi connectivity index (χ0v) is 12.2. The van der Waals surface area contributed by atoms with Gasteiger partial charge in [-0.15, -0.1) is 5.10 Å². The predicted molar refractivity (Wildman–Crippen MR) is 73.7 cm³/mol. The summed E-state index contributed by atoms with van der Waals surface area (Å²) in [5.74, 6) is -0.825. The van der Waals surface area contributed by atoms with Crippen LogP contribution < -0.4 is 10.9 Å². The number of nitrogens with zero attached hydrogens (tertiary/aromatic N) is 2. The Morgan fingerprint density at radius 3 is 2.37 bits per heavy atom. The van der Waals surface area contributed by atoms with Crippen LogP contribution in [0.2, 0.25) is 0 Å². The summed E-state index contributed by atoms with van der Waals surface area (Å²) in [7, 11) is 0. The molecule has 0 saturated carbocycles. The molecule has 0 atom stereocenters. The van der Waals surface area contributed by atoms with E-state index in [1.165, 1.54) is 0 Å². The van der Waals surface area contributed by atoms with Crippen LogP contribution in [0.4, 0.5) is 0 Å². The number of carbonyl (C=O) groups excluding carboxylic acids is 2. The Bertz CT molecular complexity index is 611. The third-order valence-corrected chi connectivity index (χ3v) is 3.61. The van der Waals surface area contributed by atoms with E-state index in [-0.39, 0.29) is 0 Å². The van der Waals surface area contributed by atoms with Gasteiger partial charge in [-0.05, 0) is 42.7 Å². The van der Waals surface area contributed by atoms with E-state index in [0.29, 0.717) is 16.1 Å². The SMILES string of the molecule is Cc1nnsc1C(=O)NNC(=O)c1ccc(Br)cc1. The summed E-state index contributed by atoms with van der Waals surface area (Å²) in [6, 6.07) is 6.78. The molecular weight excluding hydrogens is 332 g/mol. The number of nitrogens with one attached hydrogen (secondary N) is 2. The first-order valence-electron chi connectivity index (χ1n) is 5.23. The van der Waals surface area contributed by atoms with Crippen molar-refractivity contribution in [1.29, 1.82) is 0 Å². The van der Waals surface area contributed by atoms with Crippen molar-refractivity contribution >= 4 is 39.3 Å². The van der Waals surface area contributed by atoms with E-state index in [1.807, 2.05) is 0 Å². The van der Waals surface area contributed by atoms with Gasteiger partial charge in [-0.2, -0.15) is 0 Å². The quantitative estimate of drug-likeness (QED) is 0.814. The number of aryl methyl sites for hydroxylation is 1. The third kappa shape index (κ3) is 3.36. The smallest absolute Gasteiger partial charge is 0.267 e. The van der Waals surface area contributed by atoms with Gasteiger partial charge in [0, 0.05) is 10.0 Å². The predicted octanol–water partition coefficient (Wildman–Crippen LogP) is 1.68. The van der Waals surface area contributed by atoms with Crippen molar-refractivity contribution in [3.8, 4) is 0 Å². The van der Waals surface area contributed by atoms with Gasteiger partial charge < -0.3 is 0 Å². The van der Waals surface area contributed by atoms with Crippen LogP contribution in [0.3, 0.4) is 0 Å². The van der Waals surface area contributed by atoms with E-state index < -0.39 is 11.8 Å². The zero-order valence-electron chi connectivity index (χ0n) is 9.81. The van der Waals surface area contributed by atoms with E-state index in [0.717, 1.165) is 16.0 Å². The van der Waals surface area contributed by atoms with Gasteiger partial charge in [0.15, 0.2) is 0 Å². The van der Waals surface area contributed by atoms with Gasteiger partial charge in [-0.25, -0.2) is 0 Å². The third-order valence-electron chi connectivity index (χ3n) is 2.25. The highest BCUT2D eigenvalue weighted by Gasteiger charge is 2.14. The first kappa shape index (κ1) is 13.6. The molecule has 0 saturated heterocycles. The minimum Gasteiger partial charge on any atom is -0.267 e. The first-order chi connectivity index (χ1) is 9.08. The number of hydrogen-bond donors (Lipinski definition) is 2. The van der Waals surface area contributed by atoms with Gasteiger partial charge in [0.25, 0.3) is 11.8 Å². The lowest BCUT2D eigenvalue weighted by molar-refractivity contribution is 0.0848. The van der Waals surface area contributed by atoms with Crippen molar-refractivity contribution in [3.05, 3.63) is 44.9 Å². The van der Waals surface area contributed by atoms with Gasteiger partial charge in [0.1, 0.15) is 4.88 Å². The lowest BCUT2D eigenvalue weighted by atomic mass is 10.2. The standard InChI is InChI=1S/C11H9BrN4O2S/c1-6-9(19-16-13-6)11(18)15-14-10(17)7-2-4-8(12)5-3-7/h2-5H,1H3,(H,14,17)(H,15,18). The molecule has 1 aromatic heterocycles. The number of benzene rings is 1. The fourth-order valence-corrected chi connectivity index (χ4v) is 2.10. The van der Waals surface area contributed by atoms with Crippen LogP contribution in [0.5, 0.6) is 0 Å². The van der Waals surface area contributed by atoms with Crippen LogP contribution in [-0.4, -0.2) is 21.4 Å². The highest BCUT2D eigenvalue weighted by Crippen LogP contribution is 2.10. The highest BCUT2D eigenvalue weighted by atomic mass is 79.9. The van der Waals surface area contributed by atoms with Crippen molar-refractivity contribution < 1.29 is 9.59 Å². The summed E-state index contributed by atoms with van der Waals surface area (Å²) >= 11 is 4.25. The van der Waals surface area contributed by atoms with Crippen LogP contribution >= 0.6 is 27.5 Å². The molecule has 1 heterocycles. The number of carbonyl (C=O) groups is 2. The Morgan fingerprint density at radius 2 is 1.79 bits per heavy atom. The molecule has 0 aliphatic heterocycles. The summed E-state index contributed by atoms with van der Waals surface area (Å²) in [6.45, 7) is 1.68. The maximum Gasteiger partial charge on any atom is 0.283 e. The minimum absolute atomic E-state index is 0.371. The van der Waals surface area contributed by atoms with Gasteiger partial charge >= 0.3 is 0 Å². The van der Waals surface area contributed by atoms with Crippen molar-refractivity contribution in [1.82, 2.24) is 20.4 Å². The summed E-state index contributed by atoms with van der Waals surface area (Å²) in [5, 5.41) is 3.72. The molecule has 8 heteroatoms. The van der Waals surface area contributed by atoms with Gasteiger partial charge in [0.2, 0.25) is 0 Å². The van der Waals surface area contributed by atoms with E-state index in [9.17, 15) is 9.59 Å². The molecule has 19 heavy (non-hydrogen) atoms. The molecular formula is C11H9BrN4O2S. The minimum atomic E-state index is -0.432. The number of hydrogen-bond acceptors (Lipinski definition) is 5. The Balaban J connectivity index is 1.96. The van der Waals surface area contributed by atoms with Crippen LogP contribution in [0, 0.1) is 6.92 Å². The Morgan fingerprint density at radius 1 is 1.16 bits per heavy atom. The molecule has 2 amide bonds. The van der Waals surface area contributed by atoms with E-state index in [4.69, 9.17) is 0 Å². The van der Waals surface area contributed by atoms with Crippen LogP contribution in [0.1, 0.15) is 25.7 Å². The number of hydrazine groups is 1. The molecule has 0 unspecified atom stereocenters. The Labute approximate surface area is 121 Å². The number of amides is 2. The molecule has 6 nitrogen and oxygen atoms in total. The van der Waals surface area contributed by atoms with E-state index in [2.05, 4.69) is 36.4 Å². The van der Waals surface area contributed by atoms with Crippen LogP contribution in [0.15, 0.2) is 28.7 Å². The summed E-state index contributed by atoms with van der Waals surface area (Å²) < 4.78 is 4.53. The molecule has 0 spiro atoms. The van der Waals surface area contributed by atoms with Gasteiger partial charge in [-0.3, -0.25) is 20.4 Å². The second kappa shape index (κ2) is 5.89. The fraction of sp³-hybridized carbons (Fsp3) is 0.0909. The molecule has 0 aliphatic carbocycles. The molecule has 1 aromatic carbocycles. The van der Waals surface area contributed by atoms with E-state index in [1.54, 1.807) is 31.2 Å². The first-order valence-corrected chi connectivity index (χ1v) is 6.80. The lowest BCUT2D eigenvalue weighted by Gasteiger charge is -2.06. The van der Waals surface area contributed by atoms with Crippen molar-refractivity contribution in [2.24, 2.45) is 0 Å². The average molecular weight is 341 g/mol. The van der Waals surface area contributed by atoms with Crippen LogP contribution in [0.25, 0.3) is 0 Å². The summed E-state index contributed by atoms with van der Waals surface area (Å²) in [5.41, 5.74) is 5.63. The van der Waals surface area contributed by atoms with Crippen molar-refractivity contribution in [3.63, 3.8) is 0 Å². The molecule has 2 rings (SSSR count). The lowest BCUT2D eigenvalue weighted by Crippen LogP contribution is -2.41. The largest absolute Gasteiger partial charge is 0.283 e. The second-order valence-corrected chi connectivity index (χ2v) is 5.27. The topological polar surface area (TPSA) is 84.0 Å². The maximum atomic E-state index is 11.7. The number of halogens is 1. The number of aromatic nitrogens is 2. The molecule has 0 aliphatic rings. The number of rotatable bonds is 2. The average Bonchev–Trinajstić information content (AvgIpc) is 2.83. The molecule has 2 aromatic rings. The zero-order chi connectivity index (χ0) is 13.8. The molecule has 0 bridgehead atoms. The normalized spacial score (nSPS) is 10.0. The molecule has 98 valence electrons. The second-order valence-electron chi connectivity index (χ2n) is 3.60. The molecule has 2 N–H and O–H groups in total. The monoisotopic (exact) mass is 340 g/mol. The Kier molecular flexibility index (Phi) is 4.23. The maximum absolute atomic E-state index is 11.7. The Hall–Kier alpha value is -1.80. The van der Waals surface area contributed by atoms with Crippen molar-refractivity contribution in [2.75, 3.05) is 0 Å². The summed E-state index contributed by atoms with van der Waals surface area (Å²) in [6.07, 6.45) is 0. The van der Waals surface area contributed by atoms with Gasteiger partial charge in [-0.1, -0.05) is 20.4 Å². The molecule has 0 fully saturated rings. The molecule has 0 radical (unpaired) electrons. The van der Waals surface area contributed by atoms with Crippen molar-refractivity contribution in [2.45, 2.75) is 6.92 Å². The fourth-order valence-electron chi connectivity index (χ4n) is 1.28. The highest BCUT2D eigenvalue weighted by molar-refractivity contribution is 9.10. The van der Waals surface area contributed by atoms with Gasteiger partial charge in [0.05, 0.1) is 5.69 Å². The summed E-state index contributed by atoms with van der Waals surface area (Å²) in [4.78, 5) is 23.8. The van der Waals surface area contributed by atoms with E-state index >= 15 is 0 Å². The van der Waals surface area contributed by atoms with Crippen LogP contribution in [-0.2, 0) is 0 Å².